The number of amides is 1. The van der Waals surface area contributed by atoms with Crippen LogP contribution in [0.1, 0.15) is 0 Å². The van der Waals surface area contributed by atoms with Gasteiger partial charge in [-0.2, -0.15) is 0 Å². The third kappa shape index (κ3) is 3.22. The Hall–Kier alpha value is 0.420. The Morgan fingerprint density at radius 1 is 1.36 bits per heavy atom. The molecule has 0 aliphatic heterocycles. The Morgan fingerprint density at radius 2 is 1.86 bits per heavy atom. The van der Waals surface area contributed by atoms with Gasteiger partial charge in [-0.1, -0.05) is 27.5 Å². The minimum absolute atomic E-state index is 0.117. The lowest BCUT2D eigenvalue weighted by atomic mass is 10.3. The number of alkyl halides is 1. The summed E-state index contributed by atoms with van der Waals surface area (Å²) >= 11 is 15.5. The number of anilines is 1. The summed E-state index contributed by atoms with van der Waals surface area (Å²) in [6.07, 6.45) is 0. The van der Waals surface area contributed by atoms with E-state index in [1.165, 1.54) is 0 Å². The van der Waals surface area contributed by atoms with Crippen LogP contribution < -0.4 is 5.32 Å². The number of carbonyl (C=O) groups is 1. The molecule has 76 valence electrons. The lowest BCUT2D eigenvalue weighted by molar-refractivity contribution is -0.113. The van der Waals surface area contributed by atoms with Gasteiger partial charge in [0.15, 0.2) is 0 Å². The molecule has 0 spiro atoms. The van der Waals surface area contributed by atoms with Gasteiger partial charge in [0.25, 0.3) is 0 Å². The van der Waals surface area contributed by atoms with E-state index in [0.717, 1.165) is 8.95 Å². The molecule has 0 bridgehead atoms. The minimum Gasteiger partial charge on any atom is -0.323 e. The van der Waals surface area contributed by atoms with Crippen LogP contribution in [0.5, 0.6) is 0 Å². The molecule has 6 heteroatoms. The largest absolute Gasteiger partial charge is 0.323 e. The van der Waals surface area contributed by atoms with E-state index in [1.54, 1.807) is 12.1 Å². The maximum Gasteiger partial charge on any atom is 0.235 e. The average molecular weight is 406 g/mol. The Kier molecular flexibility index (Phi) is 4.90. The molecular formula is C8H5Br3ClNO. The molecule has 0 radical (unpaired) electrons. The van der Waals surface area contributed by atoms with Crippen molar-refractivity contribution >= 4 is 71.0 Å². The molecule has 0 atom stereocenters. The molecular weight excluding hydrogens is 401 g/mol. The monoisotopic (exact) mass is 403 g/mol. The molecule has 1 aromatic rings. The van der Waals surface area contributed by atoms with E-state index in [0.29, 0.717) is 10.7 Å². The highest BCUT2D eigenvalue weighted by atomic mass is 79.9. The van der Waals surface area contributed by atoms with Gasteiger partial charge in [-0.25, -0.2) is 0 Å². The number of benzene rings is 1. The molecule has 1 rings (SSSR count). The van der Waals surface area contributed by atoms with E-state index in [-0.39, 0.29) is 11.2 Å². The first-order valence-electron chi connectivity index (χ1n) is 3.55. The van der Waals surface area contributed by atoms with Crippen LogP contribution in [0.3, 0.4) is 0 Å². The molecule has 0 saturated carbocycles. The third-order valence-electron chi connectivity index (χ3n) is 1.39. The summed E-state index contributed by atoms with van der Waals surface area (Å²) < 4.78 is 1.48. The van der Waals surface area contributed by atoms with Crippen LogP contribution in [-0.4, -0.2) is 11.2 Å². The fourth-order valence-electron chi connectivity index (χ4n) is 0.834. The van der Waals surface area contributed by atoms with Crippen molar-refractivity contribution in [3.8, 4) is 0 Å². The highest BCUT2D eigenvalue weighted by molar-refractivity contribution is 9.11. The number of rotatable bonds is 2. The Morgan fingerprint density at radius 3 is 2.29 bits per heavy atom. The highest BCUT2D eigenvalue weighted by Gasteiger charge is 2.09. The van der Waals surface area contributed by atoms with Gasteiger partial charge in [0.2, 0.25) is 5.91 Å². The molecule has 1 aromatic carbocycles. The van der Waals surface area contributed by atoms with Crippen molar-refractivity contribution in [1.29, 1.82) is 0 Å². The quantitative estimate of drug-likeness (QED) is 0.733. The normalized spacial score (nSPS) is 10.0. The Labute approximate surface area is 112 Å². The van der Waals surface area contributed by atoms with Gasteiger partial charge in [-0.15, -0.1) is 0 Å². The molecule has 0 aliphatic carbocycles. The van der Waals surface area contributed by atoms with Crippen molar-refractivity contribution in [3.05, 3.63) is 26.1 Å². The first kappa shape index (κ1) is 12.5. The van der Waals surface area contributed by atoms with Crippen molar-refractivity contribution in [2.24, 2.45) is 0 Å². The SMILES string of the molecule is O=C(CBr)Nc1c(Br)cc(Cl)cc1Br. The molecule has 0 aliphatic rings. The summed E-state index contributed by atoms with van der Waals surface area (Å²) in [5, 5.41) is 3.57. The van der Waals surface area contributed by atoms with Crippen LogP contribution in [0.15, 0.2) is 21.1 Å². The summed E-state index contributed by atoms with van der Waals surface area (Å²) in [5.74, 6) is -0.117. The highest BCUT2D eigenvalue weighted by Crippen LogP contribution is 2.34. The zero-order chi connectivity index (χ0) is 10.7. The van der Waals surface area contributed by atoms with E-state index < -0.39 is 0 Å². The van der Waals surface area contributed by atoms with Gasteiger partial charge in [0.05, 0.1) is 11.0 Å². The number of nitrogens with one attached hydrogen (secondary N) is 1. The zero-order valence-electron chi connectivity index (χ0n) is 6.78. The molecule has 14 heavy (non-hydrogen) atoms. The van der Waals surface area contributed by atoms with E-state index in [9.17, 15) is 4.79 Å². The molecule has 0 unspecified atom stereocenters. The second kappa shape index (κ2) is 5.49. The summed E-state index contributed by atoms with van der Waals surface area (Å²) in [5.41, 5.74) is 0.679. The second-order valence-electron chi connectivity index (χ2n) is 2.43. The number of hydrogen-bond acceptors (Lipinski definition) is 1. The first-order chi connectivity index (χ1) is 6.54. The summed E-state index contributed by atoms with van der Waals surface area (Å²) in [4.78, 5) is 11.1. The summed E-state index contributed by atoms with van der Waals surface area (Å²) in [7, 11) is 0. The number of carbonyl (C=O) groups excluding carboxylic acids is 1. The van der Waals surface area contributed by atoms with Crippen molar-refractivity contribution in [2.45, 2.75) is 0 Å². The molecule has 0 heterocycles. The Balaban J connectivity index is 3.02. The molecule has 0 fully saturated rings. The van der Waals surface area contributed by atoms with Gasteiger partial charge in [0.1, 0.15) is 0 Å². The lowest BCUT2D eigenvalue weighted by Gasteiger charge is -2.08. The zero-order valence-corrected chi connectivity index (χ0v) is 12.3. The third-order valence-corrected chi connectivity index (χ3v) is 3.37. The van der Waals surface area contributed by atoms with Gasteiger partial charge >= 0.3 is 0 Å². The van der Waals surface area contributed by atoms with Crippen LogP contribution >= 0.6 is 59.4 Å². The van der Waals surface area contributed by atoms with Crippen molar-refractivity contribution in [2.75, 3.05) is 10.6 Å². The van der Waals surface area contributed by atoms with Crippen LogP contribution in [0.2, 0.25) is 5.02 Å². The standard InChI is InChI=1S/C8H5Br3ClNO/c9-3-7(14)13-8-5(10)1-4(12)2-6(8)11/h1-2H,3H2,(H,13,14). The van der Waals surface area contributed by atoms with Gasteiger partial charge < -0.3 is 5.32 Å². The molecule has 1 amide bonds. The first-order valence-corrected chi connectivity index (χ1v) is 6.63. The topological polar surface area (TPSA) is 29.1 Å². The fraction of sp³-hybridized carbons (Fsp3) is 0.125. The molecule has 0 saturated heterocycles. The second-order valence-corrected chi connectivity index (χ2v) is 5.13. The maximum absolute atomic E-state index is 11.1. The van der Waals surface area contributed by atoms with Crippen molar-refractivity contribution in [3.63, 3.8) is 0 Å². The van der Waals surface area contributed by atoms with Crippen LogP contribution in [0.25, 0.3) is 0 Å². The maximum atomic E-state index is 11.1. The molecule has 0 aromatic heterocycles. The molecule has 1 N–H and O–H groups in total. The number of halogens is 4. The van der Waals surface area contributed by atoms with E-state index in [4.69, 9.17) is 11.6 Å². The van der Waals surface area contributed by atoms with E-state index in [2.05, 4.69) is 53.1 Å². The summed E-state index contributed by atoms with van der Waals surface area (Å²) in [6, 6.07) is 3.44. The van der Waals surface area contributed by atoms with E-state index in [1.807, 2.05) is 0 Å². The molecule has 2 nitrogen and oxygen atoms in total. The average Bonchev–Trinajstić information content (AvgIpc) is 2.10. The lowest BCUT2D eigenvalue weighted by Crippen LogP contribution is -2.13. The predicted molar refractivity (Wildman–Crippen MR) is 69.3 cm³/mol. The number of hydrogen-bond donors (Lipinski definition) is 1. The Bertz CT molecular complexity index is 347. The minimum atomic E-state index is -0.117. The van der Waals surface area contributed by atoms with Gasteiger partial charge in [-0.05, 0) is 44.0 Å². The van der Waals surface area contributed by atoms with Gasteiger partial charge in [0, 0.05) is 14.0 Å². The van der Waals surface area contributed by atoms with Crippen LogP contribution in [-0.2, 0) is 4.79 Å². The van der Waals surface area contributed by atoms with Crippen molar-refractivity contribution in [1.82, 2.24) is 0 Å². The van der Waals surface area contributed by atoms with Crippen LogP contribution in [0.4, 0.5) is 5.69 Å². The fourth-order valence-corrected chi connectivity index (χ4v) is 2.84. The smallest absolute Gasteiger partial charge is 0.235 e. The van der Waals surface area contributed by atoms with Crippen LogP contribution in [0, 0.1) is 0 Å². The summed E-state index contributed by atoms with van der Waals surface area (Å²) in [6.45, 7) is 0. The van der Waals surface area contributed by atoms with Gasteiger partial charge in [-0.3, -0.25) is 4.79 Å². The van der Waals surface area contributed by atoms with Crippen molar-refractivity contribution < 1.29 is 4.79 Å². The van der Waals surface area contributed by atoms with E-state index >= 15 is 0 Å². The predicted octanol–water partition coefficient (Wildman–Crippen LogP) is 4.20.